The van der Waals surface area contributed by atoms with Gasteiger partial charge in [-0.05, 0) is 128 Å². The molecule has 0 fully saturated rings. The first-order chi connectivity index (χ1) is 27.7. The maximum absolute atomic E-state index is 5.50. The topological polar surface area (TPSA) is 52.5 Å². The van der Waals surface area contributed by atoms with Crippen molar-refractivity contribution < 1.29 is 0 Å². The number of hydrogen-bond acceptors (Lipinski definition) is 3. The molecular formula is C53H57IN4Si. The number of fused-ring (bicyclic) bond motifs is 6. The third-order valence-corrected chi connectivity index (χ3v) is 13.2. The summed E-state index contributed by atoms with van der Waals surface area (Å²) >= 11 is 2.39. The van der Waals surface area contributed by atoms with Crippen LogP contribution in [0.1, 0.15) is 107 Å². The van der Waals surface area contributed by atoms with Crippen LogP contribution >= 0.6 is 22.6 Å². The quantitative estimate of drug-likeness (QED) is 0.120. The van der Waals surface area contributed by atoms with Crippen molar-refractivity contribution in [2.75, 3.05) is 0 Å². The van der Waals surface area contributed by atoms with Crippen molar-refractivity contribution in [3.8, 4) is 22.6 Å². The van der Waals surface area contributed by atoms with E-state index >= 15 is 0 Å². The second kappa shape index (κ2) is 15.1. The molecule has 59 heavy (non-hydrogen) atoms. The van der Waals surface area contributed by atoms with Crippen LogP contribution in [-0.4, -0.2) is 30.5 Å². The summed E-state index contributed by atoms with van der Waals surface area (Å²) in [5.41, 5.74) is 21.4. The maximum atomic E-state index is 5.50. The van der Waals surface area contributed by atoms with E-state index in [4.69, 9.17) is 9.98 Å². The number of halogens is 1. The molecule has 3 aromatic carbocycles. The van der Waals surface area contributed by atoms with Crippen LogP contribution in [0.3, 0.4) is 0 Å². The monoisotopic (exact) mass is 904 g/mol. The summed E-state index contributed by atoms with van der Waals surface area (Å²) in [5.74, 6) is 3.43. The van der Waals surface area contributed by atoms with E-state index < -0.39 is 8.07 Å². The van der Waals surface area contributed by atoms with Crippen molar-refractivity contribution in [3.63, 3.8) is 0 Å². The lowest BCUT2D eigenvalue weighted by Crippen LogP contribution is -2.26. The number of nitrogens with one attached hydrogen (secondary N) is 2. The average Bonchev–Trinajstić information content (AvgIpc) is 3.93. The van der Waals surface area contributed by atoms with Gasteiger partial charge in [-0.25, -0.2) is 0 Å². The van der Waals surface area contributed by atoms with Crippen molar-refractivity contribution in [2.24, 2.45) is 15.4 Å². The number of H-pyrrole nitrogens is 1. The molecule has 0 aliphatic carbocycles. The third-order valence-electron chi connectivity index (χ3n) is 11.6. The van der Waals surface area contributed by atoms with Gasteiger partial charge in [0.1, 0.15) is 8.07 Å². The van der Waals surface area contributed by atoms with Gasteiger partial charge >= 0.3 is 0 Å². The molecule has 0 amide bonds. The Bertz CT molecular complexity index is 2610. The number of allylic oxidation sites excluding steroid dienone is 5. The minimum absolute atomic E-state index is 0.0396. The summed E-state index contributed by atoms with van der Waals surface area (Å²) in [6.45, 7) is 25.3. The number of hydrogen-bond donors (Lipinski definition) is 2. The molecule has 2 N–H and O–H groups in total. The molecule has 1 unspecified atom stereocenters. The van der Waals surface area contributed by atoms with Gasteiger partial charge < -0.3 is 10.3 Å². The molecule has 4 aliphatic heterocycles. The standard InChI is InChI=1S/C53H57IN4Si/c1-51(2,3)37-24-36(25-38(26-37)52(4,5)6)50-45-21-20-40(55-45)29-46-43(34-14-12-33(13-15-34)22-23-59(9,10)11)28-41(56-46)27-42-32-53(7,8)49(57-42)31-47-44(30-48(50)58-47)35-16-18-39(54)19-17-35/h12-21,24-28,30-31,46,56,58H,29,32H2,1-11H3. The summed E-state index contributed by atoms with van der Waals surface area (Å²) < 4.78 is 1.21. The van der Waals surface area contributed by atoms with Crippen LogP contribution in [0.5, 0.6) is 0 Å². The molecule has 0 saturated carbocycles. The summed E-state index contributed by atoms with van der Waals surface area (Å²) in [5, 5.41) is 3.91. The highest BCUT2D eigenvalue weighted by Gasteiger charge is 2.33. The largest absolute Gasteiger partial charge is 0.378 e. The molecule has 300 valence electrons. The Hall–Kier alpha value is -4.71. The van der Waals surface area contributed by atoms with Crippen LogP contribution in [0.4, 0.5) is 0 Å². The zero-order valence-electron chi connectivity index (χ0n) is 36.6. The summed E-state index contributed by atoms with van der Waals surface area (Å²) in [6, 6.07) is 27.2. The van der Waals surface area contributed by atoms with Crippen LogP contribution in [0.2, 0.25) is 19.6 Å². The fraction of sp³-hybridized carbons (Fsp3) is 0.321. The molecule has 4 nitrogen and oxygen atoms in total. The van der Waals surface area contributed by atoms with Crippen LogP contribution < -0.4 is 5.32 Å². The lowest BCUT2D eigenvalue weighted by molar-refractivity contribution is 0.488. The van der Waals surface area contributed by atoms with Crippen molar-refractivity contribution in [2.45, 2.75) is 105 Å². The van der Waals surface area contributed by atoms with E-state index in [2.05, 4.69) is 223 Å². The average molecular weight is 905 g/mol. The van der Waals surface area contributed by atoms with Crippen molar-refractivity contribution in [1.29, 1.82) is 0 Å². The second-order valence-corrected chi connectivity index (χ2v) is 26.4. The Morgan fingerprint density at radius 3 is 2.05 bits per heavy atom. The summed E-state index contributed by atoms with van der Waals surface area (Å²) in [7, 11) is -1.48. The van der Waals surface area contributed by atoms with Crippen molar-refractivity contribution >= 4 is 59.3 Å². The van der Waals surface area contributed by atoms with E-state index in [-0.39, 0.29) is 22.3 Å². The van der Waals surface area contributed by atoms with Gasteiger partial charge in [0.05, 0.1) is 11.7 Å². The first kappa shape index (κ1) is 41.0. The second-order valence-electron chi connectivity index (χ2n) is 20.4. The van der Waals surface area contributed by atoms with E-state index in [1.807, 2.05) is 0 Å². The van der Waals surface area contributed by atoms with E-state index in [1.54, 1.807) is 0 Å². The van der Waals surface area contributed by atoms with Gasteiger partial charge in [0.2, 0.25) is 0 Å². The van der Waals surface area contributed by atoms with E-state index in [1.165, 1.54) is 37.0 Å². The third kappa shape index (κ3) is 8.93. The summed E-state index contributed by atoms with van der Waals surface area (Å²) in [4.78, 5) is 14.8. The smallest absolute Gasteiger partial charge is 0.129 e. The minimum Gasteiger partial charge on any atom is -0.378 e. The molecule has 0 radical (unpaired) electrons. The normalized spacial score (nSPS) is 18.7. The molecule has 8 rings (SSSR count). The SMILES string of the molecule is CC1(C)CC2=NC1=Cc1[nH]c(cc1-c1ccc(I)cc1)C(c1cc(C(C)(C)C)cc(C(C)(C)C)c1)=C1C=CC(=N1)CC1NC(=C2)C=C1c1ccc(C#C[Si](C)(C)C)cc1. The number of aromatic amines is 1. The van der Waals surface area contributed by atoms with Gasteiger partial charge in [0, 0.05) is 72.7 Å². The Morgan fingerprint density at radius 1 is 0.746 bits per heavy atom. The Labute approximate surface area is 367 Å². The first-order valence-electron chi connectivity index (χ1n) is 21.0. The lowest BCUT2D eigenvalue weighted by Gasteiger charge is -2.27. The molecular weight excluding hydrogens is 848 g/mol. The number of aliphatic imine (C=N–C) groups is 2. The predicted molar refractivity (Wildman–Crippen MR) is 263 cm³/mol. The molecule has 5 heterocycles. The molecule has 0 spiro atoms. The van der Waals surface area contributed by atoms with Crippen LogP contribution in [0, 0.1) is 20.4 Å². The fourth-order valence-electron chi connectivity index (χ4n) is 8.17. The van der Waals surface area contributed by atoms with Gasteiger partial charge in [-0.3, -0.25) is 9.98 Å². The highest BCUT2D eigenvalue weighted by Crippen LogP contribution is 2.43. The highest BCUT2D eigenvalue weighted by molar-refractivity contribution is 14.1. The van der Waals surface area contributed by atoms with Crippen molar-refractivity contribution in [3.05, 3.63) is 157 Å². The molecule has 1 aromatic heterocycles. The fourth-order valence-corrected chi connectivity index (χ4v) is 9.05. The zero-order valence-corrected chi connectivity index (χ0v) is 39.7. The van der Waals surface area contributed by atoms with Crippen LogP contribution in [0.25, 0.3) is 28.3 Å². The minimum atomic E-state index is -1.48. The van der Waals surface area contributed by atoms with E-state index in [0.29, 0.717) is 0 Å². The maximum Gasteiger partial charge on any atom is 0.129 e. The number of benzene rings is 3. The highest BCUT2D eigenvalue weighted by atomic mass is 127. The van der Waals surface area contributed by atoms with E-state index in [0.717, 1.165) is 69.4 Å². The Morgan fingerprint density at radius 2 is 1.41 bits per heavy atom. The van der Waals surface area contributed by atoms with Crippen molar-refractivity contribution in [1.82, 2.24) is 10.3 Å². The first-order valence-corrected chi connectivity index (χ1v) is 25.6. The number of rotatable bonds is 3. The van der Waals surface area contributed by atoms with Gasteiger partial charge in [-0.15, -0.1) is 5.54 Å². The zero-order chi connectivity index (χ0) is 42.1. The van der Waals surface area contributed by atoms with Gasteiger partial charge in [0.15, 0.2) is 0 Å². The molecule has 4 aliphatic rings. The van der Waals surface area contributed by atoms with Gasteiger partial charge in [0.25, 0.3) is 0 Å². The van der Waals surface area contributed by atoms with Gasteiger partial charge in [-0.2, -0.15) is 0 Å². The molecule has 8 bridgehead atoms. The predicted octanol–water partition coefficient (Wildman–Crippen LogP) is 13.4. The lowest BCUT2D eigenvalue weighted by atomic mass is 9.78. The molecule has 4 aromatic rings. The Balaban J connectivity index is 1.35. The number of nitrogens with zero attached hydrogens (tertiary/aromatic N) is 2. The molecule has 1 atom stereocenters. The van der Waals surface area contributed by atoms with Crippen LogP contribution in [0.15, 0.2) is 124 Å². The van der Waals surface area contributed by atoms with Crippen LogP contribution in [-0.2, 0) is 10.8 Å². The Kier molecular flexibility index (Phi) is 10.5. The summed E-state index contributed by atoms with van der Waals surface area (Å²) in [6.07, 6.45) is 12.9. The van der Waals surface area contributed by atoms with Gasteiger partial charge in [-0.1, -0.05) is 123 Å². The van der Waals surface area contributed by atoms with E-state index in [9.17, 15) is 0 Å². The number of aromatic nitrogens is 1. The molecule has 0 saturated heterocycles. The molecule has 6 heteroatoms.